The molecule has 0 spiro atoms. The number of benzene rings is 1. The van der Waals surface area contributed by atoms with Crippen LogP contribution in [0.15, 0.2) is 48.7 Å². The number of aryl methyl sites for hydroxylation is 2. The number of carbonyl (C=O) groups is 2. The number of rotatable bonds is 6. The van der Waals surface area contributed by atoms with Gasteiger partial charge in [-0.25, -0.2) is 0 Å². The number of hydrogen-bond donors (Lipinski definition) is 1. The fourth-order valence-electron chi connectivity index (χ4n) is 2.20. The van der Waals surface area contributed by atoms with Gasteiger partial charge in [-0.3, -0.25) is 9.59 Å². The van der Waals surface area contributed by atoms with E-state index < -0.39 is 11.7 Å². The van der Waals surface area contributed by atoms with Crippen molar-refractivity contribution in [1.29, 1.82) is 0 Å². The summed E-state index contributed by atoms with van der Waals surface area (Å²) >= 11 is 0. The molecule has 1 N–H and O–H groups in total. The Morgan fingerprint density at radius 3 is 2.48 bits per heavy atom. The second-order valence-corrected chi connectivity index (χ2v) is 5.23. The molecule has 1 aromatic carbocycles. The van der Waals surface area contributed by atoms with Gasteiger partial charge in [0, 0.05) is 19.3 Å². The van der Waals surface area contributed by atoms with Crippen molar-refractivity contribution in [2.24, 2.45) is 7.05 Å². The van der Waals surface area contributed by atoms with Gasteiger partial charge in [-0.05, 0) is 37.5 Å². The number of aromatic nitrogens is 1. The number of hydrogen-bond acceptors (Lipinski definition) is 2. The lowest BCUT2D eigenvalue weighted by atomic mass is 10.1. The Balaban J connectivity index is 1.85. The zero-order chi connectivity index (χ0) is 15.2. The highest BCUT2D eigenvalue weighted by Gasteiger charge is 2.19. The summed E-state index contributed by atoms with van der Waals surface area (Å²) in [6.45, 7) is 1.92. The molecule has 1 unspecified atom stereocenters. The fraction of sp³-hybridized carbons (Fsp3) is 0.294. The molecule has 4 heteroatoms. The molecule has 0 aliphatic carbocycles. The van der Waals surface area contributed by atoms with Gasteiger partial charge in [0.15, 0.2) is 0 Å². The van der Waals surface area contributed by atoms with Gasteiger partial charge in [-0.2, -0.15) is 0 Å². The maximum absolute atomic E-state index is 12.0. The van der Waals surface area contributed by atoms with Crippen LogP contribution < -0.4 is 5.32 Å². The molecule has 21 heavy (non-hydrogen) atoms. The van der Waals surface area contributed by atoms with E-state index in [1.807, 2.05) is 25.1 Å². The number of carbonyl (C=O) groups excluding carboxylic acids is 2. The van der Waals surface area contributed by atoms with E-state index in [1.54, 1.807) is 29.9 Å². The second kappa shape index (κ2) is 6.88. The molecular weight excluding hydrogens is 264 g/mol. The number of Topliss-reactive ketones (excluding diaryl/α,β-unsaturated/α-hetero) is 1. The minimum absolute atomic E-state index is 0.0399. The average Bonchev–Trinajstić information content (AvgIpc) is 2.91. The van der Waals surface area contributed by atoms with E-state index in [2.05, 4.69) is 17.4 Å². The normalized spacial score (nSPS) is 11.9. The van der Waals surface area contributed by atoms with Gasteiger partial charge < -0.3 is 9.88 Å². The van der Waals surface area contributed by atoms with Crippen LogP contribution in [0.3, 0.4) is 0 Å². The highest BCUT2D eigenvalue weighted by Crippen LogP contribution is 2.06. The van der Waals surface area contributed by atoms with Crippen molar-refractivity contribution in [1.82, 2.24) is 9.88 Å². The van der Waals surface area contributed by atoms with Crippen LogP contribution in [0.1, 0.15) is 29.4 Å². The standard InChI is InChI=1S/C17H20N2O2/c1-13(10-11-14-7-4-3-5-8-14)18-17(21)16(20)15-9-6-12-19(15)2/h3-9,12-13H,10-11H2,1-2H3,(H,18,21). The summed E-state index contributed by atoms with van der Waals surface area (Å²) in [6.07, 6.45) is 3.43. The van der Waals surface area contributed by atoms with Gasteiger partial charge in [-0.1, -0.05) is 30.3 Å². The van der Waals surface area contributed by atoms with Crippen molar-refractivity contribution < 1.29 is 9.59 Å². The number of ketones is 1. The van der Waals surface area contributed by atoms with Crippen molar-refractivity contribution in [3.63, 3.8) is 0 Å². The van der Waals surface area contributed by atoms with Gasteiger partial charge >= 0.3 is 0 Å². The van der Waals surface area contributed by atoms with Crippen molar-refractivity contribution >= 4 is 11.7 Å². The Morgan fingerprint density at radius 1 is 1.14 bits per heavy atom. The summed E-state index contributed by atoms with van der Waals surface area (Å²) in [7, 11) is 1.75. The van der Waals surface area contributed by atoms with Crippen LogP contribution in [0.4, 0.5) is 0 Å². The van der Waals surface area contributed by atoms with E-state index in [9.17, 15) is 9.59 Å². The van der Waals surface area contributed by atoms with Crippen LogP contribution in [0.2, 0.25) is 0 Å². The second-order valence-electron chi connectivity index (χ2n) is 5.23. The number of amides is 1. The zero-order valence-corrected chi connectivity index (χ0v) is 12.4. The summed E-state index contributed by atoms with van der Waals surface area (Å²) in [5.74, 6) is -1.04. The predicted octanol–water partition coefficient (Wildman–Crippen LogP) is 2.35. The first kappa shape index (κ1) is 15.0. The molecule has 2 aromatic rings. The molecule has 0 bridgehead atoms. The number of nitrogens with one attached hydrogen (secondary N) is 1. The van der Waals surface area contributed by atoms with Crippen molar-refractivity contribution in [2.75, 3.05) is 0 Å². The third-order valence-corrected chi connectivity index (χ3v) is 3.47. The highest BCUT2D eigenvalue weighted by atomic mass is 16.2. The molecule has 0 radical (unpaired) electrons. The molecule has 0 saturated heterocycles. The maximum Gasteiger partial charge on any atom is 0.294 e. The van der Waals surface area contributed by atoms with E-state index in [1.165, 1.54) is 5.56 Å². The molecule has 0 fully saturated rings. The molecule has 0 saturated carbocycles. The molecule has 1 amide bonds. The monoisotopic (exact) mass is 284 g/mol. The third-order valence-electron chi connectivity index (χ3n) is 3.47. The van der Waals surface area contributed by atoms with Gasteiger partial charge in [-0.15, -0.1) is 0 Å². The first-order valence-corrected chi connectivity index (χ1v) is 7.08. The quantitative estimate of drug-likeness (QED) is 0.654. The summed E-state index contributed by atoms with van der Waals surface area (Å²) in [5, 5.41) is 2.76. The first-order valence-electron chi connectivity index (χ1n) is 7.08. The average molecular weight is 284 g/mol. The Labute approximate surface area is 124 Å². The summed E-state index contributed by atoms with van der Waals surface area (Å²) in [5.41, 5.74) is 1.63. The van der Waals surface area contributed by atoms with Gasteiger partial charge in [0.2, 0.25) is 0 Å². The largest absolute Gasteiger partial charge is 0.348 e. The van der Waals surface area contributed by atoms with E-state index in [0.29, 0.717) is 5.69 Å². The van der Waals surface area contributed by atoms with Crippen LogP contribution in [-0.2, 0) is 18.3 Å². The molecule has 1 aromatic heterocycles. The lowest BCUT2D eigenvalue weighted by Crippen LogP contribution is -2.38. The van der Waals surface area contributed by atoms with Crippen molar-refractivity contribution in [3.8, 4) is 0 Å². The molecule has 1 heterocycles. The van der Waals surface area contributed by atoms with Gasteiger partial charge in [0.1, 0.15) is 0 Å². The van der Waals surface area contributed by atoms with Gasteiger partial charge in [0.25, 0.3) is 11.7 Å². The molecular formula is C17H20N2O2. The van der Waals surface area contributed by atoms with E-state index in [0.717, 1.165) is 12.8 Å². The summed E-state index contributed by atoms with van der Waals surface area (Å²) in [6, 6.07) is 13.5. The molecule has 0 aliphatic heterocycles. The van der Waals surface area contributed by atoms with E-state index >= 15 is 0 Å². The van der Waals surface area contributed by atoms with Crippen LogP contribution in [0.5, 0.6) is 0 Å². The zero-order valence-electron chi connectivity index (χ0n) is 12.4. The van der Waals surface area contributed by atoms with Gasteiger partial charge in [0.05, 0.1) is 5.69 Å². The van der Waals surface area contributed by atoms with Crippen LogP contribution in [-0.4, -0.2) is 22.3 Å². The molecule has 0 aliphatic rings. The Kier molecular flexibility index (Phi) is 4.93. The third kappa shape index (κ3) is 4.05. The van der Waals surface area contributed by atoms with E-state index in [4.69, 9.17) is 0 Å². The lowest BCUT2D eigenvalue weighted by molar-refractivity contribution is -0.117. The van der Waals surface area contributed by atoms with Crippen molar-refractivity contribution in [2.45, 2.75) is 25.8 Å². The molecule has 110 valence electrons. The highest BCUT2D eigenvalue weighted by molar-refractivity contribution is 6.42. The SMILES string of the molecule is CC(CCc1ccccc1)NC(=O)C(=O)c1cccn1C. The first-order chi connectivity index (χ1) is 10.1. The van der Waals surface area contributed by atoms with Crippen LogP contribution in [0.25, 0.3) is 0 Å². The molecule has 2 rings (SSSR count). The van der Waals surface area contributed by atoms with Crippen LogP contribution in [0, 0.1) is 0 Å². The minimum Gasteiger partial charge on any atom is -0.348 e. The molecule has 1 atom stereocenters. The van der Waals surface area contributed by atoms with Crippen molar-refractivity contribution in [3.05, 3.63) is 59.9 Å². The molecule has 4 nitrogen and oxygen atoms in total. The number of nitrogens with zero attached hydrogens (tertiary/aromatic N) is 1. The Bertz CT molecular complexity index is 617. The predicted molar refractivity (Wildman–Crippen MR) is 82.1 cm³/mol. The Morgan fingerprint density at radius 2 is 1.86 bits per heavy atom. The van der Waals surface area contributed by atoms with E-state index in [-0.39, 0.29) is 6.04 Å². The minimum atomic E-state index is -0.544. The fourth-order valence-corrected chi connectivity index (χ4v) is 2.20. The summed E-state index contributed by atoms with van der Waals surface area (Å²) in [4.78, 5) is 23.9. The van der Waals surface area contributed by atoms with Crippen LogP contribution >= 0.6 is 0 Å². The smallest absolute Gasteiger partial charge is 0.294 e. The summed E-state index contributed by atoms with van der Waals surface area (Å²) < 4.78 is 1.65. The topological polar surface area (TPSA) is 51.1 Å². The lowest BCUT2D eigenvalue weighted by Gasteiger charge is -2.13. The maximum atomic E-state index is 12.0. The Hall–Kier alpha value is -2.36.